The molecule has 9 heteroatoms. The highest BCUT2D eigenvalue weighted by molar-refractivity contribution is 7.91. The molecule has 3 heterocycles. The highest BCUT2D eigenvalue weighted by Crippen LogP contribution is 2.28. The molecule has 1 aromatic heterocycles. The molecule has 136 valence electrons. The largest absolute Gasteiger partial charge is 0.335 e. The summed E-state index contributed by atoms with van der Waals surface area (Å²) in [6.07, 6.45) is 1.85. The van der Waals surface area contributed by atoms with Crippen LogP contribution in [0.1, 0.15) is 30.8 Å². The lowest BCUT2D eigenvalue weighted by atomic mass is 10.0. The summed E-state index contributed by atoms with van der Waals surface area (Å²) in [5.74, 6) is -0.394. The van der Waals surface area contributed by atoms with Gasteiger partial charge in [0.15, 0.2) is 15.5 Å². The van der Waals surface area contributed by atoms with Gasteiger partial charge < -0.3 is 9.80 Å². The van der Waals surface area contributed by atoms with Gasteiger partial charge in [0.25, 0.3) is 5.91 Å². The Morgan fingerprint density at radius 1 is 1.20 bits per heavy atom. The van der Waals surface area contributed by atoms with Crippen LogP contribution in [0.15, 0.2) is 18.3 Å². The number of hydrogen-bond acceptors (Lipinski definition) is 6. The molecule has 0 aliphatic carbocycles. The summed E-state index contributed by atoms with van der Waals surface area (Å²) in [5, 5.41) is 7.54. The van der Waals surface area contributed by atoms with Gasteiger partial charge >= 0.3 is 0 Å². The normalized spacial score (nSPS) is 25.1. The van der Waals surface area contributed by atoms with Crippen molar-refractivity contribution in [1.29, 1.82) is 0 Å². The second kappa shape index (κ2) is 6.70. The zero-order chi connectivity index (χ0) is 18.2. The first-order valence-electron chi connectivity index (χ1n) is 8.37. The van der Waals surface area contributed by atoms with Gasteiger partial charge in [0, 0.05) is 25.7 Å². The van der Waals surface area contributed by atoms with Crippen LogP contribution in [0.3, 0.4) is 0 Å². The van der Waals surface area contributed by atoms with E-state index in [0.717, 1.165) is 0 Å². The van der Waals surface area contributed by atoms with Crippen molar-refractivity contribution in [3.63, 3.8) is 0 Å². The van der Waals surface area contributed by atoms with E-state index in [1.54, 1.807) is 21.9 Å². The van der Waals surface area contributed by atoms with Crippen LogP contribution in [-0.4, -0.2) is 76.9 Å². The third-order valence-electron chi connectivity index (χ3n) is 4.63. The molecule has 0 N–H and O–H groups in total. The number of aromatic nitrogens is 2. The maximum atomic E-state index is 12.7. The molecule has 0 bridgehead atoms. The van der Waals surface area contributed by atoms with E-state index in [4.69, 9.17) is 0 Å². The van der Waals surface area contributed by atoms with Crippen molar-refractivity contribution in [1.82, 2.24) is 20.0 Å². The zero-order valence-corrected chi connectivity index (χ0v) is 15.1. The van der Waals surface area contributed by atoms with Crippen LogP contribution in [0.4, 0.5) is 0 Å². The van der Waals surface area contributed by atoms with Crippen LogP contribution in [0.2, 0.25) is 0 Å². The maximum absolute atomic E-state index is 12.7. The molecule has 25 heavy (non-hydrogen) atoms. The van der Waals surface area contributed by atoms with Gasteiger partial charge in [-0.3, -0.25) is 9.59 Å². The molecule has 2 fully saturated rings. The summed E-state index contributed by atoms with van der Waals surface area (Å²) in [6.45, 7) is 4.55. The van der Waals surface area contributed by atoms with Gasteiger partial charge in [0.2, 0.25) is 5.91 Å². The minimum Gasteiger partial charge on any atom is -0.335 e. The van der Waals surface area contributed by atoms with Gasteiger partial charge in [-0.05, 0) is 18.1 Å². The number of fused-ring (bicyclic) bond motifs is 1. The molecule has 8 nitrogen and oxygen atoms in total. The van der Waals surface area contributed by atoms with Crippen LogP contribution in [0.5, 0.6) is 0 Å². The van der Waals surface area contributed by atoms with E-state index in [2.05, 4.69) is 10.2 Å². The average Bonchev–Trinajstić information content (AvgIpc) is 2.88. The Labute approximate surface area is 147 Å². The molecule has 1 aromatic rings. The number of hydrogen-bond donors (Lipinski definition) is 0. The van der Waals surface area contributed by atoms with Gasteiger partial charge in [-0.25, -0.2) is 8.42 Å². The molecule has 2 aliphatic rings. The van der Waals surface area contributed by atoms with Crippen molar-refractivity contribution in [2.24, 2.45) is 5.92 Å². The molecule has 2 amide bonds. The fourth-order valence-corrected chi connectivity index (χ4v) is 5.53. The van der Waals surface area contributed by atoms with E-state index in [1.807, 2.05) is 13.8 Å². The molecular weight excluding hydrogens is 344 g/mol. The van der Waals surface area contributed by atoms with Crippen molar-refractivity contribution in [2.75, 3.05) is 24.6 Å². The van der Waals surface area contributed by atoms with Crippen molar-refractivity contribution in [3.8, 4) is 0 Å². The standard InChI is InChI=1S/C16H22N4O4S/c1-11(2)8-15(21)19-6-7-20(14-10-25(23,24)9-13(14)19)16(22)12-4-3-5-17-18-12/h3-5,11,13-14H,6-10H2,1-2H3/t13-,14+/m1/s1. The lowest BCUT2D eigenvalue weighted by Crippen LogP contribution is -2.62. The first-order chi connectivity index (χ1) is 11.8. The summed E-state index contributed by atoms with van der Waals surface area (Å²) < 4.78 is 24.4. The Kier molecular flexibility index (Phi) is 4.77. The summed E-state index contributed by atoms with van der Waals surface area (Å²) in [7, 11) is -3.30. The van der Waals surface area contributed by atoms with E-state index in [1.165, 1.54) is 6.20 Å². The van der Waals surface area contributed by atoms with Crippen molar-refractivity contribution >= 4 is 21.7 Å². The van der Waals surface area contributed by atoms with Crippen molar-refractivity contribution in [2.45, 2.75) is 32.4 Å². The highest BCUT2D eigenvalue weighted by atomic mass is 32.2. The zero-order valence-electron chi connectivity index (χ0n) is 14.3. The van der Waals surface area contributed by atoms with Crippen LogP contribution in [-0.2, 0) is 14.6 Å². The van der Waals surface area contributed by atoms with Gasteiger partial charge in [-0.2, -0.15) is 5.10 Å². The number of piperazine rings is 1. The number of amides is 2. The number of rotatable bonds is 3. The second-order valence-electron chi connectivity index (χ2n) is 7.00. The van der Waals surface area contributed by atoms with Gasteiger partial charge in [-0.1, -0.05) is 13.8 Å². The van der Waals surface area contributed by atoms with E-state index >= 15 is 0 Å². The number of carbonyl (C=O) groups excluding carboxylic acids is 2. The SMILES string of the molecule is CC(C)CC(=O)N1CCN(C(=O)c2cccnn2)[C@H]2CS(=O)(=O)C[C@H]21. The minimum atomic E-state index is -3.30. The first-order valence-corrected chi connectivity index (χ1v) is 10.2. The molecule has 3 rings (SSSR count). The number of carbonyl (C=O) groups is 2. The third-order valence-corrected chi connectivity index (χ3v) is 6.33. The second-order valence-corrected chi connectivity index (χ2v) is 9.16. The Morgan fingerprint density at radius 3 is 2.44 bits per heavy atom. The molecule has 2 atom stereocenters. The van der Waals surface area contributed by atoms with Gasteiger partial charge in [0.1, 0.15) is 0 Å². The lowest BCUT2D eigenvalue weighted by molar-refractivity contribution is -0.137. The van der Waals surface area contributed by atoms with Crippen LogP contribution < -0.4 is 0 Å². The molecule has 0 saturated carbocycles. The predicted octanol–water partition coefficient (Wildman–Crippen LogP) is -0.0273. The Bertz CT molecular complexity index is 766. The van der Waals surface area contributed by atoms with E-state index in [-0.39, 0.29) is 34.9 Å². The molecule has 0 aromatic carbocycles. The molecular formula is C16H22N4O4S. The molecule has 2 saturated heterocycles. The summed E-state index contributed by atoms with van der Waals surface area (Å²) >= 11 is 0. The quantitative estimate of drug-likeness (QED) is 0.745. The minimum absolute atomic E-state index is 0.0475. The first kappa shape index (κ1) is 17.8. The maximum Gasteiger partial charge on any atom is 0.274 e. The lowest BCUT2D eigenvalue weighted by Gasteiger charge is -2.44. The van der Waals surface area contributed by atoms with E-state index in [0.29, 0.717) is 19.5 Å². The number of nitrogens with zero attached hydrogens (tertiary/aromatic N) is 4. The number of sulfone groups is 1. The average molecular weight is 366 g/mol. The third kappa shape index (κ3) is 3.65. The topological polar surface area (TPSA) is 101 Å². The predicted molar refractivity (Wildman–Crippen MR) is 90.5 cm³/mol. The Balaban J connectivity index is 1.86. The van der Waals surface area contributed by atoms with E-state index < -0.39 is 21.9 Å². The molecule has 0 unspecified atom stereocenters. The van der Waals surface area contributed by atoms with Crippen LogP contribution >= 0.6 is 0 Å². The summed E-state index contributed by atoms with van der Waals surface area (Å²) in [6, 6.07) is 2.17. The van der Waals surface area contributed by atoms with Crippen LogP contribution in [0, 0.1) is 5.92 Å². The van der Waals surface area contributed by atoms with Gasteiger partial charge in [-0.15, -0.1) is 5.10 Å². The summed E-state index contributed by atoms with van der Waals surface area (Å²) in [5.41, 5.74) is 0.188. The molecule has 0 spiro atoms. The van der Waals surface area contributed by atoms with Crippen molar-refractivity contribution < 1.29 is 18.0 Å². The smallest absolute Gasteiger partial charge is 0.274 e. The molecule has 0 radical (unpaired) electrons. The molecule has 2 aliphatic heterocycles. The Hall–Kier alpha value is -2.03. The van der Waals surface area contributed by atoms with Gasteiger partial charge in [0.05, 0.1) is 23.6 Å². The highest BCUT2D eigenvalue weighted by Gasteiger charge is 2.49. The van der Waals surface area contributed by atoms with E-state index in [9.17, 15) is 18.0 Å². The van der Waals surface area contributed by atoms with Crippen molar-refractivity contribution in [3.05, 3.63) is 24.0 Å². The monoisotopic (exact) mass is 366 g/mol. The fraction of sp³-hybridized carbons (Fsp3) is 0.625. The Morgan fingerprint density at radius 2 is 1.84 bits per heavy atom. The summed E-state index contributed by atoms with van der Waals surface area (Å²) in [4.78, 5) is 28.4. The fourth-order valence-electron chi connectivity index (χ4n) is 3.54. The van der Waals surface area contributed by atoms with Crippen LogP contribution in [0.25, 0.3) is 0 Å².